The predicted molar refractivity (Wildman–Crippen MR) is 144 cm³/mol. The van der Waals surface area contributed by atoms with Gasteiger partial charge in [-0.1, -0.05) is 6.07 Å². The Morgan fingerprint density at radius 2 is 1.86 bits per heavy atom. The van der Waals surface area contributed by atoms with E-state index < -0.39 is 40.7 Å². The van der Waals surface area contributed by atoms with E-state index in [4.69, 9.17) is 4.74 Å². The molecule has 1 amide bonds. The summed E-state index contributed by atoms with van der Waals surface area (Å²) in [5.74, 6) is -2.33. The van der Waals surface area contributed by atoms with Gasteiger partial charge in [0.15, 0.2) is 0 Å². The van der Waals surface area contributed by atoms with Crippen LogP contribution in [0.4, 0.5) is 33.7 Å². The largest absolute Gasteiger partial charge is 0.433 e. The molecule has 0 radical (unpaired) electrons. The summed E-state index contributed by atoms with van der Waals surface area (Å²) in [6.45, 7) is 7.11. The van der Waals surface area contributed by atoms with Gasteiger partial charge in [0.1, 0.15) is 17.3 Å². The molecule has 2 atom stereocenters. The van der Waals surface area contributed by atoms with Gasteiger partial charge >= 0.3 is 6.18 Å². The third kappa shape index (κ3) is 6.09. The molecule has 42 heavy (non-hydrogen) atoms. The molecule has 0 spiro atoms. The van der Waals surface area contributed by atoms with E-state index in [9.17, 15) is 22.4 Å². The number of amides is 1. The number of nitrogens with zero attached hydrogens (tertiary/aromatic N) is 6. The second kappa shape index (κ2) is 11.2. The van der Waals surface area contributed by atoms with E-state index in [-0.39, 0.29) is 37.1 Å². The van der Waals surface area contributed by atoms with Crippen LogP contribution in [0.1, 0.15) is 43.6 Å². The Bertz CT molecular complexity index is 1420. The monoisotopic (exact) mass is 593 g/mol. The van der Waals surface area contributed by atoms with Crippen molar-refractivity contribution in [1.82, 2.24) is 24.4 Å². The van der Waals surface area contributed by atoms with Crippen LogP contribution in [0.5, 0.6) is 0 Å². The standard InChI is InChI=1S/C28H32F5N7O2/c1-26(2,3)40-16-20(21-6-5-19(29)14-35-21)27(30,17-40)24(41)37-25-34-8-9-39(25)15-18-4-7-22(28(31,32)33)36-23(18)38-10-12-42-13-11-38/h4-9,14,20H,10-13,15-17H2,1-3H3,(H,34,37,41)/t20-,27-/m0/s1. The maximum atomic E-state index is 16.8. The molecule has 0 aliphatic carbocycles. The van der Waals surface area contributed by atoms with E-state index in [0.717, 1.165) is 12.3 Å². The molecule has 3 aromatic rings. The number of aromatic nitrogens is 4. The fraction of sp³-hybridized carbons (Fsp3) is 0.500. The highest BCUT2D eigenvalue weighted by Crippen LogP contribution is 2.42. The van der Waals surface area contributed by atoms with Crippen molar-refractivity contribution in [2.45, 2.75) is 50.6 Å². The fourth-order valence-electron chi connectivity index (χ4n) is 5.24. The number of hydrogen-bond donors (Lipinski definition) is 1. The molecule has 0 unspecified atom stereocenters. The Labute approximate surface area is 239 Å². The quantitative estimate of drug-likeness (QED) is 0.428. The molecular weight excluding hydrogens is 561 g/mol. The number of ether oxygens (including phenoxy) is 1. The molecule has 0 bridgehead atoms. The molecule has 2 aliphatic heterocycles. The molecule has 2 fully saturated rings. The van der Waals surface area contributed by atoms with Crippen LogP contribution >= 0.6 is 0 Å². The number of alkyl halides is 4. The maximum Gasteiger partial charge on any atom is 0.433 e. The Morgan fingerprint density at radius 1 is 1.12 bits per heavy atom. The van der Waals surface area contributed by atoms with Gasteiger partial charge < -0.3 is 14.2 Å². The zero-order valence-electron chi connectivity index (χ0n) is 23.5. The summed E-state index contributed by atoms with van der Waals surface area (Å²) >= 11 is 0. The highest BCUT2D eigenvalue weighted by atomic mass is 19.4. The molecule has 1 N–H and O–H groups in total. The third-order valence-electron chi connectivity index (χ3n) is 7.65. The van der Waals surface area contributed by atoms with Crippen molar-refractivity contribution in [2.24, 2.45) is 0 Å². The summed E-state index contributed by atoms with van der Waals surface area (Å²) in [7, 11) is 0. The van der Waals surface area contributed by atoms with Crippen LogP contribution in [0.2, 0.25) is 0 Å². The molecule has 0 aromatic carbocycles. The minimum atomic E-state index is -4.62. The van der Waals surface area contributed by atoms with Crippen molar-refractivity contribution >= 4 is 17.7 Å². The summed E-state index contributed by atoms with van der Waals surface area (Å²) in [5, 5.41) is 2.59. The van der Waals surface area contributed by atoms with E-state index in [2.05, 4.69) is 20.3 Å². The first-order valence-corrected chi connectivity index (χ1v) is 13.5. The number of halogens is 5. The number of hydrogen-bond acceptors (Lipinski definition) is 7. The van der Waals surface area contributed by atoms with Crippen LogP contribution in [0.15, 0.2) is 42.9 Å². The summed E-state index contributed by atoms with van der Waals surface area (Å²) in [5.41, 5.74) is -3.20. The third-order valence-corrected chi connectivity index (χ3v) is 7.65. The number of anilines is 2. The van der Waals surface area contributed by atoms with Crippen LogP contribution in [0.3, 0.4) is 0 Å². The second-order valence-corrected chi connectivity index (χ2v) is 11.5. The smallest absolute Gasteiger partial charge is 0.378 e. The Morgan fingerprint density at radius 3 is 2.50 bits per heavy atom. The molecular formula is C28H32F5N7O2. The maximum absolute atomic E-state index is 16.8. The summed E-state index contributed by atoms with van der Waals surface area (Å²) in [6, 6.07) is 4.80. The summed E-state index contributed by atoms with van der Waals surface area (Å²) in [4.78, 5) is 29.3. The van der Waals surface area contributed by atoms with Gasteiger partial charge in [-0.15, -0.1) is 0 Å². The minimum Gasteiger partial charge on any atom is -0.378 e. The van der Waals surface area contributed by atoms with Crippen molar-refractivity contribution < 1.29 is 31.5 Å². The molecule has 5 heterocycles. The minimum absolute atomic E-state index is 0.0176. The first kappa shape index (κ1) is 29.8. The molecule has 226 valence electrons. The zero-order valence-corrected chi connectivity index (χ0v) is 23.5. The highest BCUT2D eigenvalue weighted by molar-refractivity contribution is 5.97. The Kier molecular flexibility index (Phi) is 7.96. The summed E-state index contributed by atoms with van der Waals surface area (Å²) < 4.78 is 77.7. The molecule has 2 aliphatic rings. The Hall–Kier alpha value is -3.65. The van der Waals surface area contributed by atoms with Gasteiger partial charge in [0.2, 0.25) is 11.6 Å². The van der Waals surface area contributed by atoms with Gasteiger partial charge in [0.25, 0.3) is 5.91 Å². The molecule has 9 nitrogen and oxygen atoms in total. The van der Waals surface area contributed by atoms with E-state index in [1.165, 1.54) is 35.2 Å². The number of morpholine rings is 1. The van der Waals surface area contributed by atoms with Crippen LogP contribution < -0.4 is 10.2 Å². The normalized spacial score (nSPS) is 22.0. The lowest BCUT2D eigenvalue weighted by Crippen LogP contribution is -2.47. The lowest BCUT2D eigenvalue weighted by Gasteiger charge is -2.32. The molecule has 2 saturated heterocycles. The fourth-order valence-corrected chi connectivity index (χ4v) is 5.24. The van der Waals surface area contributed by atoms with Crippen molar-refractivity contribution in [3.63, 3.8) is 0 Å². The van der Waals surface area contributed by atoms with E-state index in [1.807, 2.05) is 25.7 Å². The van der Waals surface area contributed by atoms with Crippen molar-refractivity contribution in [2.75, 3.05) is 49.6 Å². The van der Waals surface area contributed by atoms with Crippen molar-refractivity contribution in [3.05, 3.63) is 65.6 Å². The zero-order chi connectivity index (χ0) is 30.3. The van der Waals surface area contributed by atoms with Crippen LogP contribution in [-0.4, -0.2) is 80.9 Å². The SMILES string of the molecule is CC(C)(C)N1C[C@@H](c2ccc(F)cn2)[C@](F)(C(=O)Nc2nccn2Cc2ccc(C(F)(F)F)nc2N2CCOCC2)C1. The van der Waals surface area contributed by atoms with Gasteiger partial charge in [-0.3, -0.25) is 20.0 Å². The number of rotatable bonds is 6. The van der Waals surface area contributed by atoms with Crippen molar-refractivity contribution in [3.8, 4) is 0 Å². The van der Waals surface area contributed by atoms with Gasteiger partial charge in [-0.2, -0.15) is 13.2 Å². The Balaban J connectivity index is 1.42. The molecule has 0 saturated carbocycles. The summed E-state index contributed by atoms with van der Waals surface area (Å²) in [6.07, 6.45) is -0.691. The van der Waals surface area contributed by atoms with Crippen molar-refractivity contribution in [1.29, 1.82) is 0 Å². The van der Waals surface area contributed by atoms with Crippen LogP contribution in [0, 0.1) is 5.82 Å². The topological polar surface area (TPSA) is 88.4 Å². The molecule has 14 heteroatoms. The molecule has 3 aromatic heterocycles. The number of imidazole rings is 1. The number of carbonyl (C=O) groups excluding carboxylic acids is 1. The van der Waals surface area contributed by atoms with Crippen LogP contribution in [-0.2, 0) is 22.3 Å². The van der Waals surface area contributed by atoms with Gasteiger partial charge in [-0.05, 0) is 39.0 Å². The average Bonchev–Trinajstić information content (AvgIpc) is 3.53. The van der Waals surface area contributed by atoms with Gasteiger partial charge in [-0.25, -0.2) is 18.7 Å². The lowest BCUT2D eigenvalue weighted by atomic mass is 9.88. The van der Waals surface area contributed by atoms with Gasteiger partial charge in [0.05, 0.1) is 31.9 Å². The van der Waals surface area contributed by atoms with E-state index in [1.54, 1.807) is 4.90 Å². The lowest BCUT2D eigenvalue weighted by molar-refractivity contribution is -0.141. The molecule has 5 rings (SSSR count). The van der Waals surface area contributed by atoms with Gasteiger partial charge in [0, 0.05) is 55.4 Å². The second-order valence-electron chi connectivity index (χ2n) is 11.5. The van der Waals surface area contributed by atoms with E-state index >= 15 is 4.39 Å². The number of pyridine rings is 2. The number of nitrogens with one attached hydrogen (secondary N) is 1. The number of likely N-dealkylation sites (tertiary alicyclic amines) is 1. The van der Waals surface area contributed by atoms with Crippen LogP contribution in [0.25, 0.3) is 0 Å². The predicted octanol–water partition coefficient (Wildman–Crippen LogP) is 4.26. The van der Waals surface area contributed by atoms with E-state index in [0.29, 0.717) is 31.9 Å². The highest BCUT2D eigenvalue weighted by Gasteiger charge is 2.56. The average molecular weight is 594 g/mol. The first-order valence-electron chi connectivity index (χ1n) is 13.5. The first-order chi connectivity index (χ1) is 19.8. The number of carbonyl (C=O) groups is 1.